The average Bonchev–Trinajstić information content (AvgIpc) is 2.30. The molecule has 0 aromatic heterocycles. The van der Waals surface area contributed by atoms with Crippen molar-refractivity contribution in [1.82, 2.24) is 0 Å². The molecule has 2 aromatic rings. The van der Waals surface area contributed by atoms with Crippen LogP contribution in [0.15, 0.2) is 57.5 Å². The van der Waals surface area contributed by atoms with E-state index < -0.39 is 0 Å². The normalized spacial score (nSPS) is 9.88. The minimum atomic E-state index is 0.998. The van der Waals surface area contributed by atoms with Crippen molar-refractivity contribution in [3.8, 4) is 0 Å². The zero-order chi connectivity index (χ0) is 11.4. The van der Waals surface area contributed by atoms with Crippen molar-refractivity contribution in [3.05, 3.63) is 57.5 Å². The van der Waals surface area contributed by atoms with E-state index in [1.54, 1.807) is 0 Å². The molecule has 2 aromatic carbocycles. The van der Waals surface area contributed by atoms with Crippen LogP contribution in [0.4, 0.5) is 11.4 Å². The van der Waals surface area contributed by atoms with Crippen LogP contribution in [0.3, 0.4) is 0 Å². The predicted molar refractivity (Wildman–Crippen MR) is 75.5 cm³/mol. The van der Waals surface area contributed by atoms with Crippen LogP contribution in [-0.2, 0) is 0 Å². The fourth-order valence-electron chi connectivity index (χ4n) is 1.26. The molecule has 0 saturated carbocycles. The van der Waals surface area contributed by atoms with Crippen LogP contribution in [0.5, 0.6) is 0 Å². The first-order valence-corrected chi connectivity index (χ1v) is 6.37. The molecule has 16 heavy (non-hydrogen) atoms. The average molecular weight is 342 g/mol. The Kier molecular flexibility index (Phi) is 3.85. The van der Waals surface area contributed by atoms with Gasteiger partial charge >= 0.3 is 0 Å². The highest BCUT2D eigenvalue weighted by Gasteiger charge is 1.99. The monoisotopic (exact) mass is 340 g/mol. The summed E-state index contributed by atoms with van der Waals surface area (Å²) in [6.45, 7) is 0. The van der Waals surface area contributed by atoms with Gasteiger partial charge in [0.15, 0.2) is 0 Å². The van der Waals surface area contributed by atoms with Crippen LogP contribution in [0, 0.1) is 0 Å². The van der Waals surface area contributed by atoms with Crippen LogP contribution in [0.25, 0.3) is 0 Å². The lowest BCUT2D eigenvalue weighted by atomic mass is 10.3. The first-order valence-electron chi connectivity index (χ1n) is 4.78. The number of nitrogens with one attached hydrogen (secondary N) is 2. The molecule has 2 rings (SSSR count). The Morgan fingerprint density at radius 1 is 0.625 bits per heavy atom. The Labute approximate surface area is 111 Å². The predicted octanol–water partition coefficient (Wildman–Crippen LogP) is 4.65. The minimum Gasteiger partial charge on any atom is -0.300 e. The third-order valence-electron chi connectivity index (χ3n) is 2.08. The third-order valence-corrected chi connectivity index (χ3v) is 3.46. The first-order chi connectivity index (χ1) is 7.77. The van der Waals surface area contributed by atoms with E-state index in [-0.39, 0.29) is 0 Å². The number of benzene rings is 2. The van der Waals surface area contributed by atoms with E-state index in [0.717, 1.165) is 20.3 Å². The summed E-state index contributed by atoms with van der Waals surface area (Å²) in [5.41, 5.74) is 8.28. The maximum atomic E-state index is 3.47. The zero-order valence-electron chi connectivity index (χ0n) is 8.37. The lowest BCUT2D eigenvalue weighted by Crippen LogP contribution is -2.09. The molecular weight excluding hydrogens is 332 g/mol. The second kappa shape index (κ2) is 5.37. The maximum absolute atomic E-state index is 3.47. The van der Waals surface area contributed by atoms with E-state index in [9.17, 15) is 0 Å². The van der Waals surface area contributed by atoms with E-state index in [0.29, 0.717) is 0 Å². The summed E-state index contributed by atoms with van der Waals surface area (Å²) in [4.78, 5) is 0. The van der Waals surface area contributed by atoms with Crippen LogP contribution in [-0.4, -0.2) is 0 Å². The van der Waals surface area contributed by atoms with E-state index in [2.05, 4.69) is 42.7 Å². The molecule has 4 heteroatoms. The van der Waals surface area contributed by atoms with Crippen LogP contribution in [0.2, 0.25) is 0 Å². The van der Waals surface area contributed by atoms with Gasteiger partial charge in [0.1, 0.15) is 0 Å². The standard InChI is InChI=1S/C12H10Br2N2/c13-9-5-1-3-7-11(9)15-16-12-8-4-2-6-10(12)14/h1-8,15-16H. The Balaban J connectivity index is 2.09. The van der Waals surface area contributed by atoms with Gasteiger partial charge in [-0.3, -0.25) is 10.9 Å². The summed E-state index contributed by atoms with van der Waals surface area (Å²) < 4.78 is 2.05. The van der Waals surface area contributed by atoms with Crippen molar-refractivity contribution in [2.75, 3.05) is 10.9 Å². The molecule has 0 atom stereocenters. The first kappa shape index (κ1) is 11.5. The summed E-state index contributed by atoms with van der Waals surface area (Å²) in [6.07, 6.45) is 0. The van der Waals surface area contributed by atoms with Gasteiger partial charge in [0, 0.05) is 8.95 Å². The lowest BCUT2D eigenvalue weighted by Gasteiger charge is -2.12. The second-order valence-corrected chi connectivity index (χ2v) is 4.92. The van der Waals surface area contributed by atoms with Crippen molar-refractivity contribution < 1.29 is 0 Å². The van der Waals surface area contributed by atoms with Gasteiger partial charge in [-0.2, -0.15) is 0 Å². The molecule has 2 N–H and O–H groups in total. The van der Waals surface area contributed by atoms with Gasteiger partial charge in [0.2, 0.25) is 0 Å². The van der Waals surface area contributed by atoms with Crippen molar-refractivity contribution in [2.45, 2.75) is 0 Å². The van der Waals surface area contributed by atoms with Crippen LogP contribution < -0.4 is 10.9 Å². The number of hydrazine groups is 1. The van der Waals surface area contributed by atoms with Gasteiger partial charge in [-0.05, 0) is 56.1 Å². The smallest absolute Gasteiger partial charge is 0.0681 e. The van der Waals surface area contributed by atoms with Crippen LogP contribution in [0.1, 0.15) is 0 Å². The molecule has 0 unspecified atom stereocenters. The summed E-state index contributed by atoms with van der Waals surface area (Å²) in [5, 5.41) is 0. The van der Waals surface area contributed by atoms with Gasteiger partial charge in [-0.1, -0.05) is 24.3 Å². The molecule has 0 radical (unpaired) electrons. The summed E-state index contributed by atoms with van der Waals surface area (Å²) >= 11 is 6.95. The summed E-state index contributed by atoms with van der Waals surface area (Å²) in [7, 11) is 0. The second-order valence-electron chi connectivity index (χ2n) is 3.21. The molecule has 0 aliphatic carbocycles. The van der Waals surface area contributed by atoms with E-state index in [1.165, 1.54) is 0 Å². The Morgan fingerprint density at radius 2 is 1.00 bits per heavy atom. The number of halogens is 2. The number of hydrogen-bond donors (Lipinski definition) is 2. The SMILES string of the molecule is Brc1ccccc1NNc1ccccc1Br. The molecule has 0 bridgehead atoms. The molecule has 0 fully saturated rings. The Bertz CT molecular complexity index is 440. The van der Waals surface area contributed by atoms with Crippen molar-refractivity contribution >= 4 is 43.2 Å². The molecule has 0 aliphatic heterocycles. The van der Waals surface area contributed by atoms with Crippen molar-refractivity contribution in [1.29, 1.82) is 0 Å². The molecule has 2 nitrogen and oxygen atoms in total. The van der Waals surface area contributed by atoms with Gasteiger partial charge in [-0.15, -0.1) is 0 Å². The fraction of sp³-hybridized carbons (Fsp3) is 0. The Morgan fingerprint density at radius 3 is 1.38 bits per heavy atom. The van der Waals surface area contributed by atoms with E-state index >= 15 is 0 Å². The Hall–Kier alpha value is -1.000. The van der Waals surface area contributed by atoms with Gasteiger partial charge in [-0.25, -0.2) is 0 Å². The quantitative estimate of drug-likeness (QED) is 0.794. The third kappa shape index (κ3) is 2.77. The number of anilines is 2. The summed E-state index contributed by atoms with van der Waals surface area (Å²) in [6, 6.07) is 15.9. The van der Waals surface area contributed by atoms with E-state index in [1.807, 2.05) is 48.5 Å². The maximum Gasteiger partial charge on any atom is 0.0681 e. The van der Waals surface area contributed by atoms with Crippen molar-refractivity contribution in [2.24, 2.45) is 0 Å². The van der Waals surface area contributed by atoms with Gasteiger partial charge in [0.05, 0.1) is 11.4 Å². The van der Waals surface area contributed by atoms with Crippen LogP contribution >= 0.6 is 31.9 Å². The lowest BCUT2D eigenvalue weighted by molar-refractivity contribution is 1.39. The number of rotatable bonds is 3. The largest absolute Gasteiger partial charge is 0.300 e. The van der Waals surface area contributed by atoms with Gasteiger partial charge < -0.3 is 0 Å². The number of para-hydroxylation sites is 2. The molecule has 0 saturated heterocycles. The van der Waals surface area contributed by atoms with E-state index in [4.69, 9.17) is 0 Å². The fourth-order valence-corrected chi connectivity index (χ4v) is 2.03. The topological polar surface area (TPSA) is 24.1 Å². The molecule has 0 heterocycles. The highest BCUT2D eigenvalue weighted by atomic mass is 79.9. The summed E-state index contributed by atoms with van der Waals surface area (Å²) in [5.74, 6) is 0. The highest BCUT2D eigenvalue weighted by Crippen LogP contribution is 2.24. The molecule has 0 aliphatic rings. The molecule has 0 amide bonds. The zero-order valence-corrected chi connectivity index (χ0v) is 11.5. The molecule has 0 spiro atoms. The molecule has 82 valence electrons. The highest BCUT2D eigenvalue weighted by molar-refractivity contribution is 9.11. The molecular formula is C12H10Br2N2. The number of hydrogen-bond acceptors (Lipinski definition) is 2. The van der Waals surface area contributed by atoms with Crippen molar-refractivity contribution in [3.63, 3.8) is 0 Å². The van der Waals surface area contributed by atoms with Gasteiger partial charge in [0.25, 0.3) is 0 Å². The minimum absolute atomic E-state index is 0.998.